The van der Waals surface area contributed by atoms with E-state index in [1.165, 1.54) is 49.1 Å². The van der Waals surface area contributed by atoms with Crippen LogP contribution in [0.5, 0.6) is 0 Å². The summed E-state index contributed by atoms with van der Waals surface area (Å²) in [6.45, 7) is 0. The maximum atomic E-state index is 2.37. The van der Waals surface area contributed by atoms with Gasteiger partial charge < -0.3 is 4.90 Å². The van der Waals surface area contributed by atoms with Crippen molar-refractivity contribution in [2.45, 2.75) is 0 Å². The molecule has 37 heavy (non-hydrogen) atoms. The highest BCUT2D eigenvalue weighted by molar-refractivity contribution is 6.26. The predicted molar refractivity (Wildman–Crippen MR) is 159 cm³/mol. The summed E-state index contributed by atoms with van der Waals surface area (Å²) in [4.78, 5) is 2.37. The average Bonchev–Trinajstić information content (AvgIpc) is 2.98. The molecule has 0 saturated heterocycles. The van der Waals surface area contributed by atoms with E-state index in [0.29, 0.717) is 0 Å². The zero-order valence-electron chi connectivity index (χ0n) is 20.4. The van der Waals surface area contributed by atoms with Crippen LogP contribution in [0.1, 0.15) is 0 Å². The molecule has 0 saturated carbocycles. The molecule has 7 rings (SSSR count). The maximum Gasteiger partial charge on any atom is 0.0546 e. The van der Waals surface area contributed by atoms with Crippen molar-refractivity contribution < 1.29 is 0 Å². The first-order valence-electron chi connectivity index (χ1n) is 12.7. The van der Waals surface area contributed by atoms with E-state index >= 15 is 0 Å². The Morgan fingerprint density at radius 2 is 0.838 bits per heavy atom. The second-order valence-electron chi connectivity index (χ2n) is 9.38. The summed E-state index contributed by atoms with van der Waals surface area (Å²) in [5.41, 5.74) is 5.95. The molecule has 0 aliphatic heterocycles. The fourth-order valence-corrected chi connectivity index (χ4v) is 5.58. The Labute approximate surface area is 216 Å². The second-order valence-corrected chi connectivity index (χ2v) is 9.38. The number of rotatable bonds is 4. The minimum atomic E-state index is 1.14. The van der Waals surface area contributed by atoms with E-state index in [-0.39, 0.29) is 0 Å². The van der Waals surface area contributed by atoms with Crippen molar-refractivity contribution in [1.82, 2.24) is 0 Å². The monoisotopic (exact) mass is 471 g/mol. The third-order valence-corrected chi connectivity index (χ3v) is 7.19. The summed E-state index contributed by atoms with van der Waals surface area (Å²) in [6.07, 6.45) is 0. The van der Waals surface area contributed by atoms with E-state index in [1.807, 2.05) is 0 Å². The summed E-state index contributed by atoms with van der Waals surface area (Å²) in [7, 11) is 0. The molecule has 0 aliphatic rings. The molecule has 0 spiro atoms. The van der Waals surface area contributed by atoms with E-state index in [2.05, 4.69) is 157 Å². The van der Waals surface area contributed by atoms with E-state index in [1.54, 1.807) is 0 Å². The molecule has 0 unspecified atom stereocenters. The number of hydrogen-bond acceptors (Lipinski definition) is 1. The molecule has 0 atom stereocenters. The first-order chi connectivity index (χ1) is 18.4. The lowest BCUT2D eigenvalue weighted by atomic mass is 9.90. The summed E-state index contributed by atoms with van der Waals surface area (Å²) < 4.78 is 0. The first kappa shape index (κ1) is 21.4. The number of fused-ring (bicyclic) bond motifs is 5. The number of benzene rings is 7. The molecule has 0 radical (unpaired) electrons. The summed E-state index contributed by atoms with van der Waals surface area (Å²) in [5.74, 6) is 0. The third-order valence-electron chi connectivity index (χ3n) is 7.19. The molecule has 174 valence electrons. The van der Waals surface area contributed by atoms with Gasteiger partial charge in [-0.1, -0.05) is 115 Å². The van der Waals surface area contributed by atoms with Crippen LogP contribution in [0.3, 0.4) is 0 Å². The van der Waals surface area contributed by atoms with Gasteiger partial charge >= 0.3 is 0 Å². The Morgan fingerprint density at radius 1 is 0.378 bits per heavy atom. The molecule has 7 aromatic carbocycles. The molecule has 0 amide bonds. The van der Waals surface area contributed by atoms with Crippen LogP contribution in [0.25, 0.3) is 43.4 Å². The SMILES string of the molecule is c1ccc(-c2cc3cc(N(c4ccccc4)c4ccccc4)c4ccccc4c3c3ccccc23)cc1. The van der Waals surface area contributed by atoms with Gasteiger partial charge in [-0.25, -0.2) is 0 Å². The molecular weight excluding hydrogens is 446 g/mol. The number of hydrogen-bond donors (Lipinski definition) is 0. The zero-order valence-corrected chi connectivity index (χ0v) is 20.4. The average molecular weight is 472 g/mol. The quantitative estimate of drug-likeness (QED) is 0.231. The lowest BCUT2D eigenvalue weighted by Crippen LogP contribution is -2.10. The van der Waals surface area contributed by atoms with E-state index < -0.39 is 0 Å². The molecule has 7 aromatic rings. The zero-order chi connectivity index (χ0) is 24.6. The molecular formula is C36H25N. The normalized spacial score (nSPS) is 11.2. The van der Waals surface area contributed by atoms with Crippen LogP contribution in [0.15, 0.2) is 152 Å². The van der Waals surface area contributed by atoms with Crippen molar-refractivity contribution in [3.8, 4) is 11.1 Å². The molecule has 0 aliphatic carbocycles. The molecule has 0 fully saturated rings. The number of para-hydroxylation sites is 2. The van der Waals surface area contributed by atoms with Gasteiger partial charge in [-0.15, -0.1) is 0 Å². The van der Waals surface area contributed by atoms with Crippen LogP contribution in [0.2, 0.25) is 0 Å². The van der Waals surface area contributed by atoms with Crippen molar-refractivity contribution in [2.75, 3.05) is 4.90 Å². The fourth-order valence-electron chi connectivity index (χ4n) is 5.58. The summed E-state index contributed by atoms with van der Waals surface area (Å²) in [6, 6.07) is 54.4. The number of nitrogens with zero attached hydrogens (tertiary/aromatic N) is 1. The van der Waals surface area contributed by atoms with Gasteiger partial charge in [-0.2, -0.15) is 0 Å². The van der Waals surface area contributed by atoms with Crippen molar-refractivity contribution in [3.63, 3.8) is 0 Å². The lowest BCUT2D eigenvalue weighted by molar-refractivity contribution is 1.30. The Hall–Kier alpha value is -4.88. The van der Waals surface area contributed by atoms with Gasteiger partial charge in [0.15, 0.2) is 0 Å². The van der Waals surface area contributed by atoms with Crippen LogP contribution in [0.4, 0.5) is 17.1 Å². The van der Waals surface area contributed by atoms with Gasteiger partial charge in [-0.3, -0.25) is 0 Å². The summed E-state index contributed by atoms with van der Waals surface area (Å²) in [5, 5.41) is 7.61. The van der Waals surface area contributed by atoms with E-state index in [4.69, 9.17) is 0 Å². The molecule has 0 heterocycles. The van der Waals surface area contributed by atoms with Crippen molar-refractivity contribution in [3.05, 3.63) is 152 Å². The molecule has 0 aromatic heterocycles. The van der Waals surface area contributed by atoms with Gasteiger partial charge in [0.2, 0.25) is 0 Å². The van der Waals surface area contributed by atoms with Crippen LogP contribution in [-0.2, 0) is 0 Å². The minimum Gasteiger partial charge on any atom is -0.310 e. The lowest BCUT2D eigenvalue weighted by Gasteiger charge is -2.28. The number of anilines is 3. The van der Waals surface area contributed by atoms with Crippen molar-refractivity contribution in [1.29, 1.82) is 0 Å². The van der Waals surface area contributed by atoms with Crippen molar-refractivity contribution >= 4 is 49.4 Å². The maximum absolute atomic E-state index is 2.37. The Kier molecular flexibility index (Phi) is 5.19. The predicted octanol–water partition coefficient (Wildman–Crippen LogP) is 10.3. The highest BCUT2D eigenvalue weighted by atomic mass is 15.1. The highest BCUT2D eigenvalue weighted by Crippen LogP contribution is 2.45. The third kappa shape index (κ3) is 3.64. The van der Waals surface area contributed by atoms with Gasteiger partial charge in [0.25, 0.3) is 0 Å². The van der Waals surface area contributed by atoms with Gasteiger partial charge in [0.05, 0.1) is 5.69 Å². The molecule has 0 N–H and O–H groups in total. The minimum absolute atomic E-state index is 1.14. The largest absolute Gasteiger partial charge is 0.310 e. The van der Waals surface area contributed by atoms with Crippen molar-refractivity contribution in [2.24, 2.45) is 0 Å². The Morgan fingerprint density at radius 3 is 1.43 bits per heavy atom. The molecule has 1 heteroatoms. The topological polar surface area (TPSA) is 3.24 Å². The van der Waals surface area contributed by atoms with Gasteiger partial charge in [-0.05, 0) is 74.5 Å². The van der Waals surface area contributed by atoms with Crippen LogP contribution < -0.4 is 4.90 Å². The Bertz CT molecular complexity index is 1820. The fraction of sp³-hybridized carbons (Fsp3) is 0. The van der Waals surface area contributed by atoms with E-state index in [9.17, 15) is 0 Å². The molecule has 1 nitrogen and oxygen atoms in total. The van der Waals surface area contributed by atoms with Crippen LogP contribution in [0, 0.1) is 0 Å². The standard InChI is InChI=1S/C36H25N/c1-4-14-26(15-5-1)34-24-27-25-35(37(28-16-6-2-7-17-28)29-18-8-3-9-19-29)31-21-11-13-23-33(31)36(27)32-22-12-10-20-30(32)34/h1-25H. The highest BCUT2D eigenvalue weighted by Gasteiger charge is 2.19. The molecule has 0 bridgehead atoms. The first-order valence-corrected chi connectivity index (χ1v) is 12.7. The van der Waals surface area contributed by atoms with E-state index in [0.717, 1.165) is 11.4 Å². The second kappa shape index (κ2) is 8.96. The summed E-state index contributed by atoms with van der Waals surface area (Å²) >= 11 is 0. The van der Waals surface area contributed by atoms with Crippen LogP contribution in [-0.4, -0.2) is 0 Å². The Balaban J connectivity index is 1.62. The van der Waals surface area contributed by atoms with Gasteiger partial charge in [0.1, 0.15) is 0 Å². The van der Waals surface area contributed by atoms with Gasteiger partial charge in [0, 0.05) is 16.8 Å². The van der Waals surface area contributed by atoms with Crippen LogP contribution >= 0.6 is 0 Å². The smallest absolute Gasteiger partial charge is 0.0546 e.